The zero-order valence-electron chi connectivity index (χ0n) is 15.6. The van der Waals surface area contributed by atoms with Crippen LogP contribution in [0, 0.1) is 6.92 Å². The number of aromatic nitrogens is 1. The molecule has 3 aromatic rings. The monoisotopic (exact) mass is 361 g/mol. The van der Waals surface area contributed by atoms with Gasteiger partial charge in [-0.25, -0.2) is 0 Å². The minimum Gasteiger partial charge on any atom is -0.351 e. The summed E-state index contributed by atoms with van der Waals surface area (Å²) in [5.41, 5.74) is 4.54. The number of nitrogens with one attached hydrogen (secondary N) is 2. The predicted molar refractivity (Wildman–Crippen MR) is 107 cm³/mol. The Hall–Kier alpha value is -3.08. The molecule has 0 radical (unpaired) electrons. The summed E-state index contributed by atoms with van der Waals surface area (Å²) in [5.74, 6) is 0.0243. The maximum absolute atomic E-state index is 12.7. The molecule has 138 valence electrons. The summed E-state index contributed by atoms with van der Waals surface area (Å²) in [6, 6.07) is 15.6. The van der Waals surface area contributed by atoms with E-state index in [9.17, 15) is 9.59 Å². The first-order valence-electron chi connectivity index (χ1n) is 9.32. The Morgan fingerprint density at radius 3 is 2.81 bits per heavy atom. The van der Waals surface area contributed by atoms with Gasteiger partial charge in [0.25, 0.3) is 5.91 Å². The van der Waals surface area contributed by atoms with Crippen molar-refractivity contribution in [3.05, 3.63) is 65.4 Å². The maximum Gasteiger partial charge on any atom is 0.268 e. The summed E-state index contributed by atoms with van der Waals surface area (Å²) in [4.78, 5) is 29.6. The summed E-state index contributed by atoms with van der Waals surface area (Å²) in [5, 5.41) is 4.07. The van der Waals surface area contributed by atoms with E-state index in [1.165, 1.54) is 0 Å². The largest absolute Gasteiger partial charge is 0.351 e. The van der Waals surface area contributed by atoms with Crippen LogP contribution < -0.4 is 10.2 Å². The fourth-order valence-electron chi connectivity index (χ4n) is 3.62. The molecule has 5 nitrogen and oxygen atoms in total. The lowest BCUT2D eigenvalue weighted by Crippen LogP contribution is -2.27. The lowest BCUT2D eigenvalue weighted by atomic mass is 10.1. The van der Waals surface area contributed by atoms with Crippen LogP contribution in [0.15, 0.2) is 48.5 Å². The normalized spacial score (nSPS) is 15.3. The van der Waals surface area contributed by atoms with Gasteiger partial charge >= 0.3 is 0 Å². The summed E-state index contributed by atoms with van der Waals surface area (Å²) >= 11 is 0. The zero-order valence-corrected chi connectivity index (χ0v) is 15.6. The highest BCUT2D eigenvalue weighted by Gasteiger charge is 2.22. The van der Waals surface area contributed by atoms with E-state index in [4.69, 9.17) is 0 Å². The highest BCUT2D eigenvalue weighted by atomic mass is 16.2. The number of benzene rings is 2. The average molecular weight is 361 g/mol. The van der Waals surface area contributed by atoms with E-state index in [0.29, 0.717) is 12.1 Å². The molecule has 4 rings (SSSR count). The molecule has 1 saturated heterocycles. The molecule has 1 unspecified atom stereocenters. The number of aryl methyl sites for hydroxylation is 1. The average Bonchev–Trinajstić information content (AvgIpc) is 3.27. The van der Waals surface area contributed by atoms with Crippen molar-refractivity contribution in [1.82, 2.24) is 10.3 Å². The molecule has 2 aromatic carbocycles. The van der Waals surface area contributed by atoms with Gasteiger partial charge in [-0.3, -0.25) is 9.59 Å². The number of nitrogens with zero attached hydrogens (tertiary/aromatic N) is 1. The van der Waals surface area contributed by atoms with Crippen LogP contribution >= 0.6 is 0 Å². The van der Waals surface area contributed by atoms with E-state index in [1.807, 2.05) is 61.2 Å². The Morgan fingerprint density at radius 2 is 2.04 bits per heavy atom. The number of hydrogen-bond acceptors (Lipinski definition) is 2. The van der Waals surface area contributed by atoms with E-state index < -0.39 is 0 Å². The molecule has 2 N–H and O–H groups in total. The molecule has 1 aromatic heterocycles. The number of rotatable bonds is 4. The van der Waals surface area contributed by atoms with Crippen molar-refractivity contribution in [2.45, 2.75) is 32.7 Å². The predicted octanol–water partition coefficient (Wildman–Crippen LogP) is 4.09. The molecule has 5 heteroatoms. The molecule has 1 aliphatic rings. The number of H-pyrrole nitrogens is 1. The van der Waals surface area contributed by atoms with Gasteiger partial charge in [-0.05, 0) is 56.2 Å². The molecule has 27 heavy (non-hydrogen) atoms. The standard InChI is InChI=1S/C22H23N3O2/c1-14-8-9-19-17(11-14)13-20(24-19)22(27)23-15(2)16-5-3-6-18(12-16)25-10-4-7-21(25)26/h3,5-6,8-9,11-13,15,24H,4,7,10H2,1-2H3,(H,23,27). The van der Waals surface area contributed by atoms with Gasteiger partial charge in [0.15, 0.2) is 0 Å². The zero-order chi connectivity index (χ0) is 19.0. The topological polar surface area (TPSA) is 65.2 Å². The first-order chi connectivity index (χ1) is 13.0. The van der Waals surface area contributed by atoms with Gasteiger partial charge < -0.3 is 15.2 Å². The molecule has 0 aliphatic carbocycles. The van der Waals surface area contributed by atoms with Gasteiger partial charge in [0.2, 0.25) is 5.91 Å². The quantitative estimate of drug-likeness (QED) is 0.735. The van der Waals surface area contributed by atoms with E-state index in [1.54, 1.807) is 0 Å². The molecule has 1 aliphatic heterocycles. The third-order valence-electron chi connectivity index (χ3n) is 5.12. The van der Waals surface area contributed by atoms with Crippen molar-refractivity contribution >= 4 is 28.4 Å². The first-order valence-corrected chi connectivity index (χ1v) is 9.32. The number of aromatic amines is 1. The second-order valence-corrected chi connectivity index (χ2v) is 7.21. The van der Waals surface area contributed by atoms with Gasteiger partial charge in [-0.2, -0.15) is 0 Å². The molecule has 0 saturated carbocycles. The number of hydrogen-bond donors (Lipinski definition) is 2. The molecule has 1 atom stereocenters. The lowest BCUT2D eigenvalue weighted by Gasteiger charge is -2.19. The third kappa shape index (κ3) is 3.45. The van der Waals surface area contributed by atoms with Crippen LogP contribution in [-0.4, -0.2) is 23.3 Å². The number of carbonyl (C=O) groups is 2. The molecule has 2 heterocycles. The lowest BCUT2D eigenvalue weighted by molar-refractivity contribution is -0.117. The minimum absolute atomic E-state index is 0.140. The number of amides is 2. The highest BCUT2D eigenvalue weighted by molar-refractivity contribution is 5.98. The SMILES string of the molecule is Cc1ccc2[nH]c(C(=O)NC(C)c3cccc(N4CCCC4=O)c3)cc2c1. The van der Waals surface area contributed by atoms with E-state index >= 15 is 0 Å². The van der Waals surface area contributed by atoms with Crippen LogP contribution in [0.2, 0.25) is 0 Å². The Balaban J connectivity index is 1.51. The van der Waals surface area contributed by atoms with Crippen molar-refractivity contribution in [3.63, 3.8) is 0 Å². The van der Waals surface area contributed by atoms with Gasteiger partial charge in [0.1, 0.15) is 5.69 Å². The van der Waals surface area contributed by atoms with Crippen molar-refractivity contribution in [1.29, 1.82) is 0 Å². The Bertz CT molecular complexity index is 1020. The van der Waals surface area contributed by atoms with Crippen molar-refractivity contribution < 1.29 is 9.59 Å². The van der Waals surface area contributed by atoms with Crippen LogP contribution in [0.1, 0.15) is 47.4 Å². The number of fused-ring (bicyclic) bond motifs is 1. The summed E-state index contributed by atoms with van der Waals surface area (Å²) in [7, 11) is 0. The fourth-order valence-corrected chi connectivity index (χ4v) is 3.62. The van der Waals surface area contributed by atoms with Crippen LogP contribution in [0.4, 0.5) is 5.69 Å². The first kappa shape index (κ1) is 17.3. The summed E-state index contributed by atoms with van der Waals surface area (Å²) < 4.78 is 0. The molecule has 1 fully saturated rings. The third-order valence-corrected chi connectivity index (χ3v) is 5.12. The Labute approximate surface area is 158 Å². The summed E-state index contributed by atoms with van der Waals surface area (Å²) in [6.07, 6.45) is 1.51. The Morgan fingerprint density at radius 1 is 1.19 bits per heavy atom. The smallest absolute Gasteiger partial charge is 0.268 e. The minimum atomic E-state index is -0.164. The molecular formula is C22H23N3O2. The van der Waals surface area contributed by atoms with Gasteiger partial charge in [0.05, 0.1) is 6.04 Å². The van der Waals surface area contributed by atoms with Crippen molar-refractivity contribution in [2.24, 2.45) is 0 Å². The fraction of sp³-hybridized carbons (Fsp3) is 0.273. The molecule has 0 bridgehead atoms. The summed E-state index contributed by atoms with van der Waals surface area (Å²) in [6.45, 7) is 4.75. The van der Waals surface area contributed by atoms with Gasteiger partial charge in [-0.15, -0.1) is 0 Å². The Kier molecular flexibility index (Phi) is 4.44. The van der Waals surface area contributed by atoms with E-state index in [2.05, 4.69) is 16.4 Å². The number of carbonyl (C=O) groups excluding carboxylic acids is 2. The highest BCUT2D eigenvalue weighted by Crippen LogP contribution is 2.25. The van der Waals surface area contributed by atoms with Crippen molar-refractivity contribution in [2.75, 3.05) is 11.4 Å². The van der Waals surface area contributed by atoms with Crippen LogP contribution in [-0.2, 0) is 4.79 Å². The molecule has 0 spiro atoms. The van der Waals surface area contributed by atoms with Crippen LogP contribution in [0.25, 0.3) is 10.9 Å². The van der Waals surface area contributed by atoms with Gasteiger partial charge in [-0.1, -0.05) is 23.8 Å². The van der Waals surface area contributed by atoms with Crippen molar-refractivity contribution in [3.8, 4) is 0 Å². The van der Waals surface area contributed by atoms with Crippen LogP contribution in [0.5, 0.6) is 0 Å². The maximum atomic E-state index is 12.7. The number of anilines is 1. The van der Waals surface area contributed by atoms with Gasteiger partial charge in [0, 0.05) is 29.6 Å². The second kappa shape index (κ2) is 6.91. The molecule has 2 amide bonds. The second-order valence-electron chi connectivity index (χ2n) is 7.21. The van der Waals surface area contributed by atoms with E-state index in [-0.39, 0.29) is 17.9 Å². The van der Waals surface area contributed by atoms with Crippen LogP contribution in [0.3, 0.4) is 0 Å². The molecular weight excluding hydrogens is 338 g/mol. The van der Waals surface area contributed by atoms with E-state index in [0.717, 1.165) is 40.7 Å².